The fraction of sp³-hybridized carbons (Fsp3) is 0.350. The average Bonchev–Trinajstić information content (AvgIpc) is 3.19. The van der Waals surface area contributed by atoms with Crippen molar-refractivity contribution in [3.8, 4) is 0 Å². The van der Waals surface area contributed by atoms with Crippen LogP contribution in [0.4, 0.5) is 5.69 Å². The number of anilines is 1. The van der Waals surface area contributed by atoms with Crippen molar-refractivity contribution in [3.05, 3.63) is 51.2 Å². The summed E-state index contributed by atoms with van der Waals surface area (Å²) in [4.78, 5) is 38.8. The topological polar surface area (TPSA) is 75.7 Å². The summed E-state index contributed by atoms with van der Waals surface area (Å²) in [5.41, 5.74) is 1.47. The number of halogens is 1. The molecule has 0 aliphatic heterocycles. The van der Waals surface area contributed by atoms with Crippen molar-refractivity contribution in [1.29, 1.82) is 0 Å². The summed E-state index contributed by atoms with van der Waals surface area (Å²) in [7, 11) is 0. The minimum Gasteiger partial charge on any atom is -0.456 e. The zero-order valence-corrected chi connectivity index (χ0v) is 17.4. The molecule has 0 fully saturated rings. The molecule has 1 aromatic carbocycles. The molecule has 8 heteroatoms. The smallest absolute Gasteiger partial charge is 0.306 e. The van der Waals surface area contributed by atoms with E-state index in [4.69, 9.17) is 16.3 Å². The van der Waals surface area contributed by atoms with Crippen LogP contribution >= 0.6 is 22.9 Å². The third-order valence-electron chi connectivity index (χ3n) is 4.05. The fourth-order valence-corrected chi connectivity index (χ4v) is 3.34. The van der Waals surface area contributed by atoms with Gasteiger partial charge >= 0.3 is 5.97 Å². The fourth-order valence-electron chi connectivity index (χ4n) is 2.45. The Morgan fingerprint density at radius 1 is 1.25 bits per heavy atom. The lowest BCUT2D eigenvalue weighted by Gasteiger charge is -2.20. The Bertz CT molecular complexity index is 824. The maximum absolute atomic E-state index is 12.3. The Hall–Kier alpha value is -2.38. The standard InChI is InChI=1S/C20H23ClN2O4S/c1-3-23(12-18(24)22-17-11-15(21)7-6-14(17)2)19(25)13-27-20(26)9-8-16-5-4-10-28-16/h4-7,10-11H,3,8-9,12-13H2,1-2H3,(H,22,24). The highest BCUT2D eigenvalue weighted by molar-refractivity contribution is 7.09. The molecular formula is C20H23ClN2O4S. The normalized spacial score (nSPS) is 10.4. The molecule has 1 heterocycles. The van der Waals surface area contributed by atoms with Crippen LogP contribution in [0.2, 0.25) is 5.02 Å². The second kappa shape index (κ2) is 10.8. The SMILES string of the molecule is CCN(CC(=O)Nc1cc(Cl)ccc1C)C(=O)COC(=O)CCc1cccs1. The molecule has 0 bridgehead atoms. The predicted molar refractivity (Wildman–Crippen MR) is 111 cm³/mol. The van der Waals surface area contributed by atoms with E-state index >= 15 is 0 Å². The van der Waals surface area contributed by atoms with Crippen molar-refractivity contribution >= 4 is 46.4 Å². The number of rotatable bonds is 9. The van der Waals surface area contributed by atoms with Gasteiger partial charge in [0.15, 0.2) is 6.61 Å². The van der Waals surface area contributed by atoms with Crippen LogP contribution < -0.4 is 5.32 Å². The van der Waals surface area contributed by atoms with E-state index in [1.54, 1.807) is 36.5 Å². The zero-order chi connectivity index (χ0) is 20.5. The summed E-state index contributed by atoms with van der Waals surface area (Å²) in [5.74, 6) is -1.19. The molecule has 6 nitrogen and oxygen atoms in total. The monoisotopic (exact) mass is 422 g/mol. The Kier molecular flexibility index (Phi) is 8.47. The number of nitrogens with one attached hydrogen (secondary N) is 1. The van der Waals surface area contributed by atoms with Crippen LogP contribution in [0.1, 0.15) is 23.8 Å². The van der Waals surface area contributed by atoms with Crippen molar-refractivity contribution in [3.63, 3.8) is 0 Å². The molecule has 2 rings (SSSR count). The highest BCUT2D eigenvalue weighted by Gasteiger charge is 2.18. The van der Waals surface area contributed by atoms with Gasteiger partial charge in [0.1, 0.15) is 0 Å². The molecule has 1 aromatic heterocycles. The molecule has 0 saturated carbocycles. The highest BCUT2D eigenvalue weighted by atomic mass is 35.5. The van der Waals surface area contributed by atoms with Gasteiger partial charge in [-0.05, 0) is 49.4 Å². The van der Waals surface area contributed by atoms with Gasteiger partial charge in [0.25, 0.3) is 5.91 Å². The Morgan fingerprint density at radius 2 is 2.04 bits per heavy atom. The molecule has 0 aliphatic rings. The lowest BCUT2D eigenvalue weighted by molar-refractivity contribution is -0.152. The van der Waals surface area contributed by atoms with Crippen molar-refractivity contribution in [2.75, 3.05) is 25.0 Å². The third kappa shape index (κ3) is 6.98. The number of amides is 2. The summed E-state index contributed by atoms with van der Waals surface area (Å²) in [6.45, 7) is 3.43. The Morgan fingerprint density at radius 3 is 2.71 bits per heavy atom. The number of hydrogen-bond donors (Lipinski definition) is 1. The van der Waals surface area contributed by atoms with Gasteiger partial charge in [0, 0.05) is 22.1 Å². The minimum absolute atomic E-state index is 0.131. The first-order valence-corrected chi connectivity index (χ1v) is 10.2. The molecule has 0 saturated heterocycles. The van der Waals surface area contributed by atoms with E-state index in [1.807, 2.05) is 24.4 Å². The van der Waals surface area contributed by atoms with Gasteiger partial charge < -0.3 is 15.0 Å². The van der Waals surface area contributed by atoms with Crippen LogP contribution in [0.15, 0.2) is 35.7 Å². The van der Waals surface area contributed by atoms with Gasteiger partial charge in [-0.15, -0.1) is 11.3 Å². The molecule has 28 heavy (non-hydrogen) atoms. The third-order valence-corrected chi connectivity index (χ3v) is 5.23. The van der Waals surface area contributed by atoms with Crippen LogP contribution in [0.3, 0.4) is 0 Å². The number of likely N-dealkylation sites (N-methyl/N-ethyl adjacent to an activating group) is 1. The lowest BCUT2D eigenvalue weighted by atomic mass is 10.2. The number of thiophene rings is 1. The number of benzene rings is 1. The van der Waals surface area contributed by atoms with Crippen LogP contribution in [0, 0.1) is 6.92 Å². The second-order valence-electron chi connectivity index (χ2n) is 6.16. The molecule has 1 N–H and O–H groups in total. The van der Waals surface area contributed by atoms with Gasteiger partial charge in [-0.2, -0.15) is 0 Å². The molecule has 0 atom stereocenters. The number of esters is 1. The number of nitrogens with zero attached hydrogens (tertiary/aromatic N) is 1. The first kappa shape index (κ1) is 21.9. The molecule has 150 valence electrons. The molecular weight excluding hydrogens is 400 g/mol. The van der Waals surface area contributed by atoms with Gasteiger partial charge in [-0.3, -0.25) is 14.4 Å². The zero-order valence-electron chi connectivity index (χ0n) is 15.9. The first-order chi connectivity index (χ1) is 13.4. The maximum Gasteiger partial charge on any atom is 0.306 e. The van der Waals surface area contributed by atoms with Crippen molar-refractivity contribution in [2.45, 2.75) is 26.7 Å². The summed E-state index contributed by atoms with van der Waals surface area (Å²) in [6, 6.07) is 9.06. The van der Waals surface area contributed by atoms with E-state index < -0.39 is 11.9 Å². The molecule has 0 aliphatic carbocycles. The number of carbonyl (C=O) groups is 3. The predicted octanol–water partition coefficient (Wildman–Crippen LogP) is 3.67. The Balaban J connectivity index is 1.79. The van der Waals surface area contributed by atoms with Gasteiger partial charge in [-0.1, -0.05) is 23.7 Å². The van der Waals surface area contributed by atoms with E-state index in [2.05, 4.69) is 5.32 Å². The quantitative estimate of drug-likeness (QED) is 0.625. The number of hydrogen-bond acceptors (Lipinski definition) is 5. The van der Waals surface area contributed by atoms with Gasteiger partial charge in [0.2, 0.25) is 5.91 Å². The van der Waals surface area contributed by atoms with Crippen LogP contribution in [0.5, 0.6) is 0 Å². The Labute approximate surface area is 173 Å². The van der Waals surface area contributed by atoms with Gasteiger partial charge in [0.05, 0.1) is 13.0 Å². The van der Waals surface area contributed by atoms with E-state index in [1.165, 1.54) is 4.90 Å². The molecule has 0 spiro atoms. The highest BCUT2D eigenvalue weighted by Crippen LogP contribution is 2.20. The van der Waals surface area contributed by atoms with Crippen LogP contribution in [0.25, 0.3) is 0 Å². The summed E-state index contributed by atoms with van der Waals surface area (Å²) >= 11 is 7.52. The second-order valence-corrected chi connectivity index (χ2v) is 7.62. The molecule has 0 radical (unpaired) electrons. The van der Waals surface area contributed by atoms with E-state index in [0.29, 0.717) is 23.7 Å². The number of carbonyl (C=O) groups excluding carboxylic acids is 3. The van der Waals surface area contributed by atoms with E-state index in [9.17, 15) is 14.4 Å². The number of ether oxygens (including phenoxy) is 1. The average molecular weight is 423 g/mol. The molecule has 2 amide bonds. The summed E-state index contributed by atoms with van der Waals surface area (Å²) < 4.78 is 5.04. The van der Waals surface area contributed by atoms with E-state index in [0.717, 1.165) is 10.4 Å². The molecule has 0 unspecified atom stereocenters. The summed E-state index contributed by atoms with van der Waals surface area (Å²) in [5, 5.41) is 5.20. The molecule has 2 aromatic rings. The van der Waals surface area contributed by atoms with Crippen molar-refractivity contribution in [1.82, 2.24) is 4.90 Å². The largest absolute Gasteiger partial charge is 0.456 e. The number of aryl methyl sites for hydroxylation is 2. The van der Waals surface area contributed by atoms with Crippen LogP contribution in [-0.2, 0) is 25.5 Å². The lowest BCUT2D eigenvalue weighted by Crippen LogP contribution is -2.40. The maximum atomic E-state index is 12.3. The van der Waals surface area contributed by atoms with Crippen molar-refractivity contribution < 1.29 is 19.1 Å². The summed E-state index contributed by atoms with van der Waals surface area (Å²) in [6.07, 6.45) is 0.804. The van der Waals surface area contributed by atoms with Gasteiger partial charge in [-0.25, -0.2) is 0 Å². The minimum atomic E-state index is -0.434. The first-order valence-electron chi connectivity index (χ1n) is 8.90. The van der Waals surface area contributed by atoms with E-state index in [-0.39, 0.29) is 25.5 Å². The van der Waals surface area contributed by atoms with Crippen molar-refractivity contribution in [2.24, 2.45) is 0 Å². The van der Waals surface area contributed by atoms with Crippen LogP contribution in [-0.4, -0.2) is 42.4 Å².